The fourth-order valence-corrected chi connectivity index (χ4v) is 3.86. The van der Waals surface area contributed by atoms with Crippen LogP contribution < -0.4 is 4.90 Å². The maximum atomic E-state index is 4.62. The maximum absolute atomic E-state index is 4.62. The van der Waals surface area contributed by atoms with Crippen LogP contribution in [-0.4, -0.2) is 48.1 Å². The molecule has 3 aromatic heterocycles. The summed E-state index contributed by atoms with van der Waals surface area (Å²) < 4.78 is 3.61. The van der Waals surface area contributed by atoms with Crippen molar-refractivity contribution in [2.75, 3.05) is 18.0 Å². The van der Waals surface area contributed by atoms with E-state index in [9.17, 15) is 0 Å². The Balaban J connectivity index is 1.50. The molecule has 8 nitrogen and oxygen atoms in total. The van der Waals surface area contributed by atoms with Gasteiger partial charge in [0.15, 0.2) is 0 Å². The molecule has 0 aromatic carbocycles. The number of rotatable bonds is 4. The number of hydrogen-bond acceptors (Lipinski definition) is 7. The van der Waals surface area contributed by atoms with Crippen LogP contribution in [0, 0.1) is 6.92 Å². The molecule has 4 rings (SSSR count). The molecule has 0 saturated carbocycles. The first-order valence-corrected chi connectivity index (χ1v) is 8.48. The molecule has 1 unspecified atom stereocenters. The predicted octanol–water partition coefficient (Wildman–Crippen LogP) is 1.21. The SMILES string of the molecule is Cc1csc(C2CCN(c3nnnn3Cc3ccn(C)n3)C2)n1. The Kier molecular flexibility index (Phi) is 3.56. The summed E-state index contributed by atoms with van der Waals surface area (Å²) in [5.74, 6) is 1.28. The summed E-state index contributed by atoms with van der Waals surface area (Å²) >= 11 is 1.75. The monoisotopic (exact) mass is 330 g/mol. The smallest absolute Gasteiger partial charge is 0.245 e. The Bertz CT molecular complexity index is 803. The van der Waals surface area contributed by atoms with Crippen LogP contribution in [0.25, 0.3) is 0 Å². The molecule has 120 valence electrons. The van der Waals surface area contributed by atoms with Gasteiger partial charge in [-0.25, -0.2) is 9.67 Å². The summed E-state index contributed by atoms with van der Waals surface area (Å²) in [6.07, 6.45) is 3.01. The highest BCUT2D eigenvalue weighted by molar-refractivity contribution is 7.09. The standard InChI is InChI=1S/C14H18N8S/c1-10-9-23-13(15-10)11-3-6-21(7-11)14-16-18-19-22(14)8-12-4-5-20(2)17-12/h4-5,9,11H,3,6-8H2,1-2H3. The summed E-state index contributed by atoms with van der Waals surface area (Å²) in [5.41, 5.74) is 2.05. The number of nitrogens with zero attached hydrogens (tertiary/aromatic N) is 8. The fraction of sp³-hybridized carbons (Fsp3) is 0.500. The van der Waals surface area contributed by atoms with Crippen molar-refractivity contribution in [1.29, 1.82) is 0 Å². The molecule has 4 heterocycles. The first-order valence-electron chi connectivity index (χ1n) is 7.60. The van der Waals surface area contributed by atoms with E-state index in [1.54, 1.807) is 16.0 Å². The minimum absolute atomic E-state index is 0.466. The van der Waals surface area contributed by atoms with Gasteiger partial charge < -0.3 is 4.90 Å². The molecule has 0 bridgehead atoms. The molecule has 9 heteroatoms. The molecule has 0 N–H and O–H groups in total. The third kappa shape index (κ3) is 2.83. The van der Waals surface area contributed by atoms with Gasteiger partial charge in [0.2, 0.25) is 5.95 Å². The van der Waals surface area contributed by atoms with E-state index in [1.165, 1.54) is 5.01 Å². The first-order chi connectivity index (χ1) is 11.2. The molecule has 3 aromatic rings. The topological polar surface area (TPSA) is 77.5 Å². The molecular weight excluding hydrogens is 312 g/mol. The van der Waals surface area contributed by atoms with E-state index in [2.05, 4.69) is 35.9 Å². The fourth-order valence-electron chi connectivity index (χ4n) is 2.93. The van der Waals surface area contributed by atoms with Crippen LogP contribution in [0.5, 0.6) is 0 Å². The number of tetrazole rings is 1. The van der Waals surface area contributed by atoms with E-state index in [1.807, 2.05) is 30.9 Å². The van der Waals surface area contributed by atoms with Crippen molar-refractivity contribution < 1.29 is 0 Å². The number of thiazole rings is 1. The van der Waals surface area contributed by atoms with Crippen LogP contribution in [0.3, 0.4) is 0 Å². The highest BCUT2D eigenvalue weighted by atomic mass is 32.1. The van der Waals surface area contributed by atoms with E-state index in [4.69, 9.17) is 0 Å². The van der Waals surface area contributed by atoms with E-state index >= 15 is 0 Å². The Morgan fingerprint density at radius 2 is 2.30 bits per heavy atom. The van der Waals surface area contributed by atoms with E-state index in [0.29, 0.717) is 12.5 Å². The highest BCUT2D eigenvalue weighted by Gasteiger charge is 2.29. The largest absolute Gasteiger partial charge is 0.339 e. The van der Waals surface area contributed by atoms with E-state index in [0.717, 1.165) is 36.8 Å². The average Bonchev–Trinajstić information content (AvgIpc) is 3.26. The van der Waals surface area contributed by atoms with E-state index < -0.39 is 0 Å². The lowest BCUT2D eigenvalue weighted by atomic mass is 10.1. The molecular formula is C14H18N8S. The summed E-state index contributed by atoms with van der Waals surface area (Å²) in [6.45, 7) is 4.49. The van der Waals surface area contributed by atoms with Gasteiger partial charge in [-0.05, 0) is 29.8 Å². The van der Waals surface area contributed by atoms with Crippen molar-refractivity contribution in [3.05, 3.63) is 34.0 Å². The van der Waals surface area contributed by atoms with Gasteiger partial charge in [-0.2, -0.15) is 5.10 Å². The van der Waals surface area contributed by atoms with Crippen LogP contribution in [0.4, 0.5) is 5.95 Å². The second-order valence-electron chi connectivity index (χ2n) is 5.88. The number of anilines is 1. The van der Waals surface area contributed by atoms with Gasteiger partial charge in [0.05, 0.1) is 17.2 Å². The summed E-state index contributed by atoms with van der Waals surface area (Å²) in [5, 5.41) is 19.9. The van der Waals surface area contributed by atoms with Crippen LogP contribution in [0.1, 0.15) is 28.7 Å². The molecule has 1 saturated heterocycles. The Hall–Kier alpha value is -2.29. The molecule has 0 aliphatic carbocycles. The van der Waals surface area contributed by atoms with Crippen molar-refractivity contribution in [1.82, 2.24) is 35.0 Å². The second-order valence-corrected chi connectivity index (χ2v) is 6.77. The number of aryl methyl sites for hydroxylation is 2. The highest BCUT2D eigenvalue weighted by Crippen LogP contribution is 2.31. The molecule has 1 atom stereocenters. The molecule has 1 fully saturated rings. The summed E-state index contributed by atoms with van der Waals surface area (Å²) in [4.78, 5) is 6.86. The van der Waals surface area contributed by atoms with Crippen molar-refractivity contribution in [2.24, 2.45) is 7.05 Å². The third-order valence-electron chi connectivity index (χ3n) is 4.05. The second kappa shape index (κ2) is 5.73. The quantitative estimate of drug-likeness (QED) is 0.716. The van der Waals surface area contributed by atoms with Crippen LogP contribution >= 0.6 is 11.3 Å². The van der Waals surface area contributed by atoms with Gasteiger partial charge in [0.25, 0.3) is 0 Å². The Morgan fingerprint density at radius 3 is 3.04 bits per heavy atom. The van der Waals surface area contributed by atoms with Crippen molar-refractivity contribution in [3.63, 3.8) is 0 Å². The number of hydrogen-bond donors (Lipinski definition) is 0. The van der Waals surface area contributed by atoms with Crippen LogP contribution in [0.15, 0.2) is 17.6 Å². The van der Waals surface area contributed by atoms with Gasteiger partial charge >= 0.3 is 0 Å². The van der Waals surface area contributed by atoms with Crippen molar-refractivity contribution in [3.8, 4) is 0 Å². The minimum atomic E-state index is 0.466. The van der Waals surface area contributed by atoms with Crippen LogP contribution in [-0.2, 0) is 13.6 Å². The van der Waals surface area contributed by atoms with Gasteiger partial charge in [-0.1, -0.05) is 5.10 Å². The first kappa shape index (κ1) is 14.3. The Labute approximate surface area is 137 Å². The maximum Gasteiger partial charge on any atom is 0.245 e. The summed E-state index contributed by atoms with van der Waals surface area (Å²) in [7, 11) is 1.91. The minimum Gasteiger partial charge on any atom is -0.339 e. The lowest BCUT2D eigenvalue weighted by molar-refractivity contribution is 0.617. The zero-order valence-electron chi connectivity index (χ0n) is 13.1. The Morgan fingerprint density at radius 1 is 1.39 bits per heavy atom. The predicted molar refractivity (Wildman–Crippen MR) is 86.5 cm³/mol. The van der Waals surface area contributed by atoms with Gasteiger partial charge in [0.1, 0.15) is 0 Å². The third-order valence-corrected chi connectivity index (χ3v) is 5.18. The van der Waals surface area contributed by atoms with Gasteiger partial charge in [-0.15, -0.1) is 11.3 Å². The molecule has 0 spiro atoms. The molecule has 0 amide bonds. The molecule has 1 aliphatic heterocycles. The lowest BCUT2D eigenvalue weighted by Crippen LogP contribution is -2.24. The van der Waals surface area contributed by atoms with Gasteiger partial charge in [-0.3, -0.25) is 4.68 Å². The van der Waals surface area contributed by atoms with Gasteiger partial charge in [0, 0.05) is 43.3 Å². The molecule has 0 radical (unpaired) electrons. The van der Waals surface area contributed by atoms with E-state index in [-0.39, 0.29) is 0 Å². The van der Waals surface area contributed by atoms with Crippen molar-refractivity contribution in [2.45, 2.75) is 25.8 Å². The zero-order valence-corrected chi connectivity index (χ0v) is 13.9. The number of aromatic nitrogens is 7. The zero-order chi connectivity index (χ0) is 15.8. The molecule has 1 aliphatic rings. The average molecular weight is 330 g/mol. The summed E-state index contributed by atoms with van der Waals surface area (Å²) in [6, 6.07) is 1.98. The van der Waals surface area contributed by atoms with Crippen molar-refractivity contribution >= 4 is 17.3 Å². The normalized spacial score (nSPS) is 18.0. The van der Waals surface area contributed by atoms with Crippen LogP contribution in [0.2, 0.25) is 0 Å². The lowest BCUT2D eigenvalue weighted by Gasteiger charge is -2.16. The molecule has 23 heavy (non-hydrogen) atoms.